The molecule has 1 fully saturated rings. The summed E-state index contributed by atoms with van der Waals surface area (Å²) >= 11 is 0. The molecule has 0 radical (unpaired) electrons. The third-order valence-corrected chi connectivity index (χ3v) is 4.69. The topological polar surface area (TPSA) is 66.4 Å². The maximum absolute atomic E-state index is 11.8. The van der Waals surface area contributed by atoms with Crippen LogP contribution in [0.2, 0.25) is 0 Å². The van der Waals surface area contributed by atoms with Crippen LogP contribution in [0.25, 0.3) is 0 Å². The molecule has 1 N–H and O–H groups in total. The summed E-state index contributed by atoms with van der Waals surface area (Å²) in [6, 6.07) is 10.4. The number of rotatable bonds is 9. The number of amides is 1. The lowest BCUT2D eigenvalue weighted by atomic mass is 10.2. The maximum atomic E-state index is 11.8. The van der Waals surface area contributed by atoms with Crippen molar-refractivity contribution in [2.45, 2.75) is 26.2 Å². The van der Waals surface area contributed by atoms with Crippen molar-refractivity contribution in [1.29, 1.82) is 0 Å². The number of hydrogen-bond acceptors (Lipinski definition) is 4. The molecule has 0 atom stereocenters. The Labute approximate surface area is 168 Å². The molecule has 1 heterocycles. The molecule has 1 aliphatic heterocycles. The first kappa shape index (κ1) is 22.0. The highest BCUT2D eigenvalue weighted by Crippen LogP contribution is 2.05. The Morgan fingerprint density at radius 1 is 1.07 bits per heavy atom. The van der Waals surface area contributed by atoms with Crippen LogP contribution in [0.15, 0.2) is 35.3 Å². The van der Waals surface area contributed by atoms with Crippen molar-refractivity contribution in [3.63, 3.8) is 0 Å². The molecule has 1 amide bonds. The summed E-state index contributed by atoms with van der Waals surface area (Å²) in [5.74, 6) is 0.897. The average Bonchev–Trinajstić information content (AvgIpc) is 2.74. The standard InChI is InChI=1S/C21H34N4O3/c1-3-28-21(26)25-15-13-24(14-16-25)20(22-2)23-12-7-8-17-27-18-11-19-9-5-4-6-10-19/h4-6,9-10H,3,7-8,11-18H2,1-2H3,(H,22,23). The molecule has 0 aliphatic carbocycles. The zero-order valence-corrected chi connectivity index (χ0v) is 17.2. The number of unbranched alkanes of at least 4 members (excludes halogenated alkanes) is 1. The van der Waals surface area contributed by atoms with Crippen molar-refractivity contribution in [2.75, 3.05) is 59.6 Å². The van der Waals surface area contributed by atoms with Gasteiger partial charge in [-0.15, -0.1) is 0 Å². The highest BCUT2D eigenvalue weighted by atomic mass is 16.6. The Kier molecular flexibility index (Phi) is 10.2. The number of nitrogens with zero attached hydrogens (tertiary/aromatic N) is 3. The van der Waals surface area contributed by atoms with Crippen LogP contribution in [0.1, 0.15) is 25.3 Å². The summed E-state index contributed by atoms with van der Waals surface area (Å²) in [4.78, 5) is 20.1. The van der Waals surface area contributed by atoms with Gasteiger partial charge in [-0.1, -0.05) is 30.3 Å². The number of nitrogens with one attached hydrogen (secondary N) is 1. The molecule has 0 saturated carbocycles. The second-order valence-electron chi connectivity index (χ2n) is 6.70. The molecule has 156 valence electrons. The lowest BCUT2D eigenvalue weighted by Crippen LogP contribution is -2.54. The number of piperazine rings is 1. The fourth-order valence-corrected chi connectivity index (χ4v) is 3.11. The number of carbonyl (C=O) groups excluding carboxylic acids is 1. The molecule has 7 heteroatoms. The number of carbonyl (C=O) groups is 1. The van der Waals surface area contributed by atoms with Gasteiger partial charge in [0.2, 0.25) is 0 Å². The quantitative estimate of drug-likeness (QED) is 0.398. The van der Waals surface area contributed by atoms with Gasteiger partial charge in [0, 0.05) is 46.4 Å². The van der Waals surface area contributed by atoms with E-state index < -0.39 is 0 Å². The molecule has 0 spiro atoms. The van der Waals surface area contributed by atoms with Crippen molar-refractivity contribution < 1.29 is 14.3 Å². The Morgan fingerprint density at radius 2 is 1.79 bits per heavy atom. The van der Waals surface area contributed by atoms with E-state index in [0.717, 1.165) is 58.1 Å². The number of aliphatic imine (C=N–C) groups is 1. The van der Waals surface area contributed by atoms with E-state index in [1.165, 1.54) is 5.56 Å². The Balaban J connectivity index is 1.52. The molecule has 0 unspecified atom stereocenters. The van der Waals surface area contributed by atoms with Crippen LogP contribution in [0.4, 0.5) is 4.79 Å². The van der Waals surface area contributed by atoms with Crippen LogP contribution in [0, 0.1) is 0 Å². The molecule has 7 nitrogen and oxygen atoms in total. The minimum Gasteiger partial charge on any atom is -0.450 e. The molecule has 0 aromatic heterocycles. The molecule has 28 heavy (non-hydrogen) atoms. The molecule has 1 aromatic carbocycles. The SMILES string of the molecule is CCOC(=O)N1CCN(C(=NC)NCCCCOCCc2ccccc2)CC1. The van der Waals surface area contributed by atoms with Gasteiger partial charge in [0.1, 0.15) is 0 Å². The van der Waals surface area contributed by atoms with E-state index in [1.54, 1.807) is 11.9 Å². The third-order valence-electron chi connectivity index (χ3n) is 4.69. The van der Waals surface area contributed by atoms with Gasteiger partial charge in [0.25, 0.3) is 0 Å². The van der Waals surface area contributed by atoms with E-state index in [4.69, 9.17) is 9.47 Å². The van der Waals surface area contributed by atoms with Crippen LogP contribution in [-0.4, -0.2) is 81.4 Å². The van der Waals surface area contributed by atoms with Crippen molar-refractivity contribution in [3.8, 4) is 0 Å². The van der Waals surface area contributed by atoms with Gasteiger partial charge in [-0.2, -0.15) is 0 Å². The molecule has 0 bridgehead atoms. The summed E-state index contributed by atoms with van der Waals surface area (Å²) in [5.41, 5.74) is 1.32. The van der Waals surface area contributed by atoms with Gasteiger partial charge >= 0.3 is 6.09 Å². The molecule has 1 aliphatic rings. The fraction of sp³-hybridized carbons (Fsp3) is 0.619. The summed E-state index contributed by atoms with van der Waals surface area (Å²) in [5, 5.41) is 3.41. The largest absolute Gasteiger partial charge is 0.450 e. The van der Waals surface area contributed by atoms with E-state index in [9.17, 15) is 4.79 Å². The smallest absolute Gasteiger partial charge is 0.409 e. The molecular formula is C21H34N4O3. The Hall–Kier alpha value is -2.28. The van der Waals surface area contributed by atoms with E-state index in [2.05, 4.69) is 39.5 Å². The fourth-order valence-electron chi connectivity index (χ4n) is 3.11. The van der Waals surface area contributed by atoms with E-state index in [1.807, 2.05) is 13.0 Å². The predicted octanol–water partition coefficient (Wildman–Crippen LogP) is 2.38. The lowest BCUT2D eigenvalue weighted by molar-refractivity contribution is 0.0914. The highest BCUT2D eigenvalue weighted by molar-refractivity contribution is 5.80. The average molecular weight is 391 g/mol. The van der Waals surface area contributed by atoms with Crippen molar-refractivity contribution in [2.24, 2.45) is 4.99 Å². The molecule has 1 aromatic rings. The molecule has 1 saturated heterocycles. The van der Waals surface area contributed by atoms with Gasteiger partial charge in [-0.3, -0.25) is 4.99 Å². The van der Waals surface area contributed by atoms with Crippen LogP contribution in [0.3, 0.4) is 0 Å². The Bertz CT molecular complexity index is 587. The van der Waals surface area contributed by atoms with Crippen LogP contribution < -0.4 is 5.32 Å². The zero-order chi connectivity index (χ0) is 20.0. The first-order valence-corrected chi connectivity index (χ1v) is 10.2. The van der Waals surface area contributed by atoms with Crippen molar-refractivity contribution in [3.05, 3.63) is 35.9 Å². The van der Waals surface area contributed by atoms with E-state index >= 15 is 0 Å². The third kappa shape index (κ3) is 7.76. The normalized spacial score (nSPS) is 14.9. The minimum atomic E-state index is -0.225. The zero-order valence-electron chi connectivity index (χ0n) is 17.2. The van der Waals surface area contributed by atoms with Crippen molar-refractivity contribution in [1.82, 2.24) is 15.1 Å². The van der Waals surface area contributed by atoms with Gasteiger partial charge in [0.05, 0.1) is 13.2 Å². The Morgan fingerprint density at radius 3 is 2.46 bits per heavy atom. The second kappa shape index (κ2) is 13.0. The van der Waals surface area contributed by atoms with Gasteiger partial charge < -0.3 is 24.6 Å². The lowest BCUT2D eigenvalue weighted by Gasteiger charge is -2.35. The van der Waals surface area contributed by atoms with Gasteiger partial charge in [-0.05, 0) is 31.7 Å². The monoisotopic (exact) mass is 390 g/mol. The van der Waals surface area contributed by atoms with Gasteiger partial charge in [0.15, 0.2) is 5.96 Å². The number of hydrogen-bond donors (Lipinski definition) is 1. The highest BCUT2D eigenvalue weighted by Gasteiger charge is 2.23. The predicted molar refractivity (Wildman–Crippen MR) is 112 cm³/mol. The molecule has 2 rings (SSSR count). The minimum absolute atomic E-state index is 0.225. The summed E-state index contributed by atoms with van der Waals surface area (Å²) in [6.07, 6.45) is 2.80. The summed E-state index contributed by atoms with van der Waals surface area (Å²) < 4.78 is 10.8. The number of ether oxygens (including phenoxy) is 2. The van der Waals surface area contributed by atoms with E-state index in [0.29, 0.717) is 19.7 Å². The number of guanidine groups is 1. The van der Waals surface area contributed by atoms with Crippen LogP contribution in [-0.2, 0) is 15.9 Å². The van der Waals surface area contributed by atoms with E-state index in [-0.39, 0.29) is 6.09 Å². The summed E-state index contributed by atoms with van der Waals surface area (Å²) in [7, 11) is 1.80. The first-order valence-electron chi connectivity index (χ1n) is 10.2. The van der Waals surface area contributed by atoms with Crippen LogP contribution >= 0.6 is 0 Å². The van der Waals surface area contributed by atoms with Gasteiger partial charge in [-0.25, -0.2) is 4.79 Å². The second-order valence-corrected chi connectivity index (χ2v) is 6.70. The molecular weight excluding hydrogens is 356 g/mol. The first-order chi connectivity index (χ1) is 13.7. The number of benzene rings is 1. The van der Waals surface area contributed by atoms with Crippen molar-refractivity contribution >= 4 is 12.1 Å². The maximum Gasteiger partial charge on any atom is 0.409 e. The van der Waals surface area contributed by atoms with Crippen LogP contribution in [0.5, 0.6) is 0 Å². The summed E-state index contributed by atoms with van der Waals surface area (Å²) in [6.45, 7) is 7.51.